The molecule has 23 heteroatoms. The number of methoxy groups -OCH3 is 4. The molecule has 0 aliphatic carbocycles. The van der Waals surface area contributed by atoms with Crippen molar-refractivity contribution in [3.63, 3.8) is 0 Å². The lowest BCUT2D eigenvalue weighted by Gasteiger charge is -2.09. The molecular weight excluding hydrogens is 1800 g/mol. The maximum atomic E-state index is 5.42. The molecule has 0 aliphatic rings. The molecule has 0 radical (unpaired) electrons. The zero-order valence-corrected chi connectivity index (χ0v) is 86.5. The van der Waals surface area contributed by atoms with E-state index in [4.69, 9.17) is 18.9 Å². The minimum atomic E-state index is 0.663. The number of thiophene rings is 15. The van der Waals surface area contributed by atoms with Gasteiger partial charge in [-0.05, 0) is 331 Å². The lowest BCUT2D eigenvalue weighted by atomic mass is 10.1. The summed E-state index contributed by atoms with van der Waals surface area (Å²) in [5, 5.41) is 5.38. The molecule has 642 valence electrons. The smallest absolute Gasteiger partial charge is 0.0727 e. The topological polar surface area (TPSA) is 49.9 Å². The Balaban J connectivity index is 0.000000129. The van der Waals surface area contributed by atoms with Crippen molar-refractivity contribution >= 4 is 210 Å². The first-order chi connectivity index (χ1) is 59.0. The Morgan fingerprint density at radius 3 is 0.699 bits per heavy atom. The van der Waals surface area contributed by atoms with Crippen LogP contribution in [0.1, 0.15) is 94.0 Å². The average Bonchev–Trinajstić information content (AvgIpc) is 1.61. The Morgan fingerprint density at radius 2 is 0.431 bits per heavy atom. The van der Waals surface area contributed by atoms with Crippen LogP contribution in [0.15, 0.2) is 158 Å². The van der Waals surface area contributed by atoms with Gasteiger partial charge in [-0.3, -0.25) is 0 Å². The molecule has 0 spiro atoms. The molecule has 15 aromatic heterocycles. The molecule has 18 aromatic rings. The summed E-state index contributed by atoms with van der Waals surface area (Å²) in [6, 6.07) is 59.5. The summed E-state index contributed by atoms with van der Waals surface area (Å²) in [6.45, 7) is 28.4. The third-order valence-electron chi connectivity index (χ3n) is 20.0. The van der Waals surface area contributed by atoms with E-state index < -0.39 is 0 Å². The van der Waals surface area contributed by atoms with E-state index in [0.29, 0.717) is 26.4 Å². The summed E-state index contributed by atoms with van der Waals surface area (Å²) in [6.07, 6.45) is 0. The number of ether oxygens (including phenoxy) is 4. The fraction of sp³-hybridized carbons (Fsp3) is 0.300. The lowest BCUT2D eigenvalue weighted by molar-refractivity contribution is 0.185. The predicted octanol–water partition coefficient (Wildman–Crippen LogP) is 32.9. The van der Waals surface area contributed by atoms with Crippen molar-refractivity contribution in [3.05, 3.63) is 252 Å². The number of hydrogen-bond acceptors (Lipinski definition) is 23. The maximum absolute atomic E-state index is 5.42. The van der Waals surface area contributed by atoms with E-state index in [2.05, 4.69) is 303 Å². The number of aryl methyl sites for hydroxylation is 10. The number of nitrogens with zero attached hydrogens (tertiary/aromatic N) is 4. The van der Waals surface area contributed by atoms with Crippen LogP contribution in [0, 0.1) is 69.2 Å². The van der Waals surface area contributed by atoms with Gasteiger partial charge in [0.1, 0.15) is 0 Å². The third kappa shape index (κ3) is 23.1. The SMILES string of the molecule is COCc1cc(C)sc1-c1cc2cc3sc(-c4sc(C)cc4COC)cc3cc2s1.COCc1cc(C)sc1-c1ccc(C)cc1.COCc1cc(C)sc1-c1ccc(C)s1.Cc1cc(CN(C)C)c(-c2cc3cc4sc(-c5sc(C)cc5CN(C)C)cc4cc3s2)s1.Cc1cc(CN(C)C)c(-c2ccc(-c3ccc(-c4sc(C)cc4CN(C)C)s3)s2)s1. The largest absolute Gasteiger partial charge is 0.380 e. The van der Waals surface area contributed by atoms with E-state index in [-0.39, 0.29) is 0 Å². The Kier molecular flexibility index (Phi) is 31.8. The minimum absolute atomic E-state index is 0.663. The first-order valence-electron chi connectivity index (χ1n) is 40.6. The van der Waals surface area contributed by atoms with Gasteiger partial charge in [-0.1, -0.05) is 29.8 Å². The molecule has 123 heavy (non-hydrogen) atoms. The Morgan fingerprint density at radius 1 is 0.203 bits per heavy atom. The van der Waals surface area contributed by atoms with Crippen LogP contribution in [0.4, 0.5) is 0 Å². The van der Waals surface area contributed by atoms with Gasteiger partial charge in [0, 0.05) is 186 Å². The van der Waals surface area contributed by atoms with Gasteiger partial charge in [-0.15, -0.1) is 170 Å². The molecule has 8 nitrogen and oxygen atoms in total. The van der Waals surface area contributed by atoms with Gasteiger partial charge in [0.25, 0.3) is 0 Å². The molecule has 0 atom stereocenters. The average molecular weight is 1910 g/mol. The lowest BCUT2D eigenvalue weighted by Crippen LogP contribution is -2.10. The van der Waals surface area contributed by atoms with Gasteiger partial charge in [0.2, 0.25) is 0 Å². The highest BCUT2D eigenvalue weighted by Gasteiger charge is 2.23. The number of rotatable bonds is 25. The molecule has 0 amide bonds. The summed E-state index contributed by atoms with van der Waals surface area (Å²) in [5.74, 6) is 0. The minimum Gasteiger partial charge on any atom is -0.380 e. The van der Waals surface area contributed by atoms with Crippen LogP contribution in [-0.4, -0.2) is 104 Å². The molecule has 0 saturated heterocycles. The second-order valence-electron chi connectivity index (χ2n) is 32.3. The fourth-order valence-electron chi connectivity index (χ4n) is 15.2. The predicted molar refractivity (Wildman–Crippen MR) is 559 cm³/mol. The number of hydrogen-bond donors (Lipinski definition) is 0. The van der Waals surface area contributed by atoms with Gasteiger partial charge in [-0.25, -0.2) is 0 Å². The van der Waals surface area contributed by atoms with Crippen molar-refractivity contribution in [3.8, 4) is 88.5 Å². The van der Waals surface area contributed by atoms with Crippen LogP contribution < -0.4 is 0 Å². The van der Waals surface area contributed by atoms with E-state index in [1.54, 1.807) is 28.4 Å². The van der Waals surface area contributed by atoms with Crippen molar-refractivity contribution < 1.29 is 18.9 Å². The van der Waals surface area contributed by atoms with E-state index in [1.165, 1.54) is 223 Å². The molecule has 3 aromatic carbocycles. The first kappa shape index (κ1) is 93.0. The molecule has 0 bridgehead atoms. The van der Waals surface area contributed by atoms with Crippen LogP contribution in [0.3, 0.4) is 0 Å². The van der Waals surface area contributed by atoms with Gasteiger partial charge >= 0.3 is 0 Å². The monoisotopic (exact) mass is 1910 g/mol. The van der Waals surface area contributed by atoms with E-state index in [9.17, 15) is 0 Å². The molecule has 0 fully saturated rings. The third-order valence-corrected chi connectivity index (χ3v) is 37.8. The second-order valence-corrected chi connectivity index (χ2v) is 50.1. The van der Waals surface area contributed by atoms with Gasteiger partial charge < -0.3 is 38.5 Å². The van der Waals surface area contributed by atoms with Crippen molar-refractivity contribution in [2.24, 2.45) is 0 Å². The van der Waals surface area contributed by atoms with E-state index in [1.807, 2.05) is 170 Å². The highest BCUT2D eigenvalue weighted by atomic mass is 32.2. The number of benzene rings is 3. The summed E-state index contributed by atoms with van der Waals surface area (Å²) >= 11 is 28.4. The van der Waals surface area contributed by atoms with Gasteiger partial charge in [0.05, 0.1) is 41.1 Å². The highest BCUT2D eigenvalue weighted by Crippen LogP contribution is 2.50. The van der Waals surface area contributed by atoms with Crippen LogP contribution in [0.5, 0.6) is 0 Å². The number of fused-ring (bicyclic) bond motifs is 4. The molecule has 0 aliphatic heterocycles. The zero-order valence-electron chi connectivity index (χ0n) is 74.2. The maximum Gasteiger partial charge on any atom is 0.0727 e. The van der Waals surface area contributed by atoms with Crippen molar-refractivity contribution in [2.75, 3.05) is 84.8 Å². The summed E-state index contributed by atoms with van der Waals surface area (Å²) < 4.78 is 26.7. The van der Waals surface area contributed by atoms with Gasteiger partial charge in [-0.2, -0.15) is 0 Å². The van der Waals surface area contributed by atoms with Crippen LogP contribution >= 0.6 is 170 Å². The molecule has 0 N–H and O–H groups in total. The summed E-state index contributed by atoms with van der Waals surface area (Å²) in [5.41, 5.74) is 13.5. The second kappa shape index (κ2) is 42.0. The normalized spacial score (nSPS) is 11.7. The van der Waals surface area contributed by atoms with Crippen LogP contribution in [0.2, 0.25) is 0 Å². The quantitative estimate of drug-likeness (QED) is 0.0561. The Bertz CT molecular complexity index is 6180. The van der Waals surface area contributed by atoms with Crippen LogP contribution in [0.25, 0.3) is 129 Å². The molecule has 15 heterocycles. The zero-order chi connectivity index (χ0) is 87.2. The van der Waals surface area contributed by atoms with E-state index in [0.717, 1.165) is 26.2 Å². The molecule has 0 saturated carbocycles. The molecule has 0 unspecified atom stereocenters. The van der Waals surface area contributed by atoms with Gasteiger partial charge in [0.15, 0.2) is 0 Å². The van der Waals surface area contributed by atoms with Crippen molar-refractivity contribution in [2.45, 2.75) is 122 Å². The highest BCUT2D eigenvalue weighted by molar-refractivity contribution is 7.30. The van der Waals surface area contributed by atoms with Crippen molar-refractivity contribution in [1.82, 2.24) is 19.6 Å². The van der Waals surface area contributed by atoms with Crippen LogP contribution in [-0.2, 0) is 71.6 Å². The molecular formula is C100H108N4O4S15. The van der Waals surface area contributed by atoms with Crippen molar-refractivity contribution in [1.29, 1.82) is 0 Å². The van der Waals surface area contributed by atoms with E-state index >= 15 is 0 Å². The molecule has 18 rings (SSSR count). The first-order valence-corrected chi connectivity index (χ1v) is 52.9. The summed E-state index contributed by atoms with van der Waals surface area (Å²) in [7, 11) is 24.2. The standard InChI is InChI=1S/C26H28N2S4.C24H28N2S4.C24H22O2S4.C14H16OS.C12H14OS2/c1-15-7-19(13-27(3)4)25(29-15)23-11-17-9-22-18(10-21(17)31-23)12-24(32-22)26-20(14-28(5)6)8-16(2)30-26;1-15-11-17(13-25(3)4)23(27-15)21-9-7-19(29-21)20-8-10-22(30-20)24-18(14-26(5)6)12-16(2)28-24;1-13-5-17(11-25-3)23(27-13)21-9-15-7-20-16(8-19(15)29-21)10-22(30-20)24-18(12-26-4)6-14(2)28-24;1-10-4-6-12(7-5-10)14-13(9-15-3)8-11(2)16-14;1-8-4-5-11(14-8)12-10(7-13-3)6-9(2)15-12/h7-12H,13-14H2,1-6H3;7-12H,13-14H2,1-6H3;5-10H,11-12H2,1-4H3;4-8H,9H2,1-3H3;4-6H,7H2,1-3H3. The fourth-order valence-corrected chi connectivity index (χ4v) is 31.7. The Hall–Kier alpha value is -6.12. The summed E-state index contributed by atoms with van der Waals surface area (Å²) in [4.78, 5) is 44.7. The Labute approximate surface area is 787 Å².